The predicted molar refractivity (Wildman–Crippen MR) is 171 cm³/mol. The lowest BCUT2D eigenvalue weighted by Crippen LogP contribution is -2.49. The number of amides is 1. The maximum Gasteiger partial charge on any atom is 0.251 e. The van der Waals surface area contributed by atoms with Crippen molar-refractivity contribution in [3.63, 3.8) is 0 Å². The van der Waals surface area contributed by atoms with E-state index in [9.17, 15) is 4.79 Å². The molecule has 6 rings (SSSR count). The first-order valence-electron chi connectivity index (χ1n) is 16.2. The molecule has 2 aliphatic heterocycles. The van der Waals surface area contributed by atoms with Crippen LogP contribution in [0.5, 0.6) is 0 Å². The van der Waals surface area contributed by atoms with Gasteiger partial charge in [-0.2, -0.15) is 0 Å². The second-order valence-corrected chi connectivity index (χ2v) is 12.8. The number of nitrogens with one attached hydrogen (secondary N) is 3. The average molecular weight is 586 g/mol. The molecule has 1 saturated heterocycles. The zero-order valence-electron chi connectivity index (χ0n) is 26.0. The topological polar surface area (TPSA) is 98.6 Å². The average Bonchev–Trinajstić information content (AvgIpc) is 3.42. The largest absolute Gasteiger partial charge is 0.448 e. The minimum absolute atomic E-state index is 0.0241. The van der Waals surface area contributed by atoms with Crippen molar-refractivity contribution in [2.45, 2.75) is 90.4 Å². The highest BCUT2D eigenvalue weighted by Gasteiger charge is 2.24. The van der Waals surface area contributed by atoms with Crippen molar-refractivity contribution in [3.05, 3.63) is 70.4 Å². The Morgan fingerprint density at radius 3 is 2.65 bits per heavy atom. The van der Waals surface area contributed by atoms with Crippen molar-refractivity contribution in [3.8, 4) is 0 Å². The number of hydrogen-bond donors (Lipinski definition) is 3. The van der Waals surface area contributed by atoms with Crippen LogP contribution in [0.1, 0.15) is 78.0 Å². The quantitative estimate of drug-likeness (QED) is 0.303. The number of anilines is 2. The van der Waals surface area contributed by atoms with Crippen LogP contribution in [0.2, 0.25) is 0 Å². The van der Waals surface area contributed by atoms with Crippen LogP contribution < -0.4 is 20.9 Å². The van der Waals surface area contributed by atoms with E-state index in [0.29, 0.717) is 30.2 Å². The molecule has 3 aromatic rings. The van der Waals surface area contributed by atoms with Gasteiger partial charge in [-0.3, -0.25) is 9.69 Å². The van der Waals surface area contributed by atoms with Crippen LogP contribution in [-0.4, -0.2) is 71.6 Å². The van der Waals surface area contributed by atoms with Gasteiger partial charge >= 0.3 is 0 Å². The van der Waals surface area contributed by atoms with Crippen molar-refractivity contribution < 1.29 is 9.21 Å². The summed E-state index contributed by atoms with van der Waals surface area (Å²) in [5.41, 5.74) is 5.76. The molecule has 3 aliphatic rings. The number of fused-ring (bicyclic) bond motifs is 1. The number of piperazine rings is 1. The van der Waals surface area contributed by atoms with Gasteiger partial charge in [-0.05, 0) is 88.1 Å². The summed E-state index contributed by atoms with van der Waals surface area (Å²) in [6, 6.07) is 12.1. The SMILES string of the molecule is Cc1ncoc1CCc1ccc2c(c1)CN[C@H](CCNC(=O)c1cc(NC3CCC3)nc(N3CCN(C(C)C)CC3)c1)C2. The maximum absolute atomic E-state index is 13.4. The second-order valence-electron chi connectivity index (χ2n) is 12.8. The molecule has 43 heavy (non-hydrogen) atoms. The fourth-order valence-electron chi connectivity index (χ4n) is 6.39. The fraction of sp³-hybridized carbons (Fsp3) is 0.559. The highest BCUT2D eigenvalue weighted by molar-refractivity contribution is 5.95. The molecule has 1 aliphatic carbocycles. The van der Waals surface area contributed by atoms with Crippen molar-refractivity contribution in [1.82, 2.24) is 25.5 Å². The summed E-state index contributed by atoms with van der Waals surface area (Å²) in [7, 11) is 0. The lowest BCUT2D eigenvalue weighted by molar-refractivity contribution is 0.0952. The van der Waals surface area contributed by atoms with Gasteiger partial charge in [0.25, 0.3) is 5.91 Å². The minimum Gasteiger partial charge on any atom is -0.448 e. The zero-order chi connectivity index (χ0) is 29.8. The van der Waals surface area contributed by atoms with Gasteiger partial charge in [0.2, 0.25) is 0 Å². The highest BCUT2D eigenvalue weighted by Crippen LogP contribution is 2.26. The number of benzene rings is 1. The molecule has 1 atom stereocenters. The number of aromatic nitrogens is 2. The van der Waals surface area contributed by atoms with Crippen LogP contribution in [0.15, 0.2) is 41.1 Å². The van der Waals surface area contributed by atoms with E-state index in [1.54, 1.807) is 0 Å². The standard InChI is InChI=1S/C34H47N7O2/c1-23(2)40-13-15-41(16-14-40)33-20-27(19-32(39-33)38-29-5-4-6-29)34(42)35-12-11-30-18-26-9-7-25(17-28(26)21-36-30)8-10-31-24(3)37-22-43-31/h7,9,17,19-20,22-23,29-30,36H,4-6,8,10-16,18,21H2,1-3H3,(H,35,42)(H,38,39)/t30-/m1/s1. The van der Waals surface area contributed by atoms with Gasteiger partial charge in [-0.25, -0.2) is 9.97 Å². The zero-order valence-corrected chi connectivity index (χ0v) is 26.0. The van der Waals surface area contributed by atoms with Gasteiger partial charge in [-0.1, -0.05) is 18.2 Å². The fourth-order valence-corrected chi connectivity index (χ4v) is 6.39. The summed E-state index contributed by atoms with van der Waals surface area (Å²) < 4.78 is 5.50. The molecule has 1 aromatic carbocycles. The van der Waals surface area contributed by atoms with Crippen LogP contribution in [0.3, 0.4) is 0 Å². The number of carbonyl (C=O) groups is 1. The Bertz CT molecular complexity index is 1390. The van der Waals surface area contributed by atoms with E-state index in [2.05, 4.69) is 62.8 Å². The molecule has 1 saturated carbocycles. The van der Waals surface area contributed by atoms with Gasteiger partial charge < -0.3 is 25.3 Å². The summed E-state index contributed by atoms with van der Waals surface area (Å²) in [5, 5.41) is 10.5. The highest BCUT2D eigenvalue weighted by atomic mass is 16.3. The summed E-state index contributed by atoms with van der Waals surface area (Å²) in [4.78, 5) is 27.3. The summed E-state index contributed by atoms with van der Waals surface area (Å²) >= 11 is 0. The molecule has 9 heteroatoms. The molecule has 0 spiro atoms. The van der Waals surface area contributed by atoms with Crippen molar-refractivity contribution in [2.24, 2.45) is 0 Å². The van der Waals surface area contributed by atoms with Crippen molar-refractivity contribution >= 4 is 17.5 Å². The Balaban J connectivity index is 1.03. The monoisotopic (exact) mass is 585 g/mol. The Labute approximate surface area is 255 Å². The molecule has 0 bridgehead atoms. The van der Waals surface area contributed by atoms with E-state index < -0.39 is 0 Å². The first kappa shape index (κ1) is 29.6. The van der Waals surface area contributed by atoms with E-state index >= 15 is 0 Å². The number of aryl methyl sites for hydroxylation is 3. The van der Waals surface area contributed by atoms with Crippen LogP contribution in [-0.2, 0) is 25.8 Å². The first-order valence-corrected chi connectivity index (χ1v) is 16.2. The molecule has 3 N–H and O–H groups in total. The van der Waals surface area contributed by atoms with E-state index in [0.717, 1.165) is 81.5 Å². The Kier molecular flexibility index (Phi) is 9.28. The smallest absolute Gasteiger partial charge is 0.251 e. The number of nitrogens with zero attached hydrogens (tertiary/aromatic N) is 4. The van der Waals surface area contributed by atoms with Crippen molar-refractivity contribution in [1.29, 1.82) is 0 Å². The normalized spacial score (nSPS) is 19.3. The number of carbonyl (C=O) groups excluding carboxylic acids is 1. The number of rotatable bonds is 11. The van der Waals surface area contributed by atoms with E-state index in [-0.39, 0.29) is 5.91 Å². The van der Waals surface area contributed by atoms with Gasteiger partial charge in [0, 0.05) is 69.4 Å². The maximum atomic E-state index is 13.4. The number of oxazole rings is 1. The van der Waals surface area contributed by atoms with Gasteiger partial charge in [0.15, 0.2) is 6.39 Å². The molecule has 0 unspecified atom stereocenters. The molecule has 0 radical (unpaired) electrons. The van der Waals surface area contributed by atoms with E-state index in [4.69, 9.17) is 9.40 Å². The van der Waals surface area contributed by atoms with Crippen LogP contribution >= 0.6 is 0 Å². The van der Waals surface area contributed by atoms with Crippen LogP contribution in [0.25, 0.3) is 0 Å². The summed E-state index contributed by atoms with van der Waals surface area (Å²) in [6.45, 7) is 11.9. The third-order valence-electron chi connectivity index (χ3n) is 9.48. The summed E-state index contributed by atoms with van der Waals surface area (Å²) in [5.74, 6) is 2.67. The summed E-state index contributed by atoms with van der Waals surface area (Å²) in [6.07, 6.45) is 8.80. The predicted octanol–water partition coefficient (Wildman–Crippen LogP) is 4.49. The number of pyridine rings is 1. The molecule has 4 heterocycles. The van der Waals surface area contributed by atoms with E-state index in [1.807, 2.05) is 19.1 Å². The molecular formula is C34H47N7O2. The van der Waals surface area contributed by atoms with E-state index in [1.165, 1.54) is 42.3 Å². The Hall–Kier alpha value is -3.43. The third-order valence-corrected chi connectivity index (χ3v) is 9.48. The Morgan fingerprint density at radius 2 is 1.93 bits per heavy atom. The lowest BCUT2D eigenvalue weighted by Gasteiger charge is -2.37. The minimum atomic E-state index is -0.0241. The molecule has 2 fully saturated rings. The van der Waals surface area contributed by atoms with Gasteiger partial charge in [0.05, 0.1) is 5.69 Å². The molecule has 1 amide bonds. The van der Waals surface area contributed by atoms with Crippen molar-refractivity contribution in [2.75, 3.05) is 42.9 Å². The lowest BCUT2D eigenvalue weighted by atomic mass is 9.92. The molecule has 9 nitrogen and oxygen atoms in total. The van der Waals surface area contributed by atoms with Gasteiger partial charge in [0.1, 0.15) is 17.4 Å². The number of hydrogen-bond acceptors (Lipinski definition) is 8. The molecule has 230 valence electrons. The van der Waals surface area contributed by atoms with Crippen LogP contribution in [0, 0.1) is 6.92 Å². The molecular weight excluding hydrogens is 538 g/mol. The van der Waals surface area contributed by atoms with Gasteiger partial charge in [-0.15, -0.1) is 0 Å². The second kappa shape index (κ2) is 13.5. The Morgan fingerprint density at radius 1 is 1.09 bits per heavy atom. The van der Waals surface area contributed by atoms with Crippen LogP contribution in [0.4, 0.5) is 11.6 Å². The first-order chi connectivity index (χ1) is 20.9. The third kappa shape index (κ3) is 7.39. The molecule has 2 aromatic heterocycles.